The number of hydrogen-bond acceptors (Lipinski definition) is 6. The van der Waals surface area contributed by atoms with E-state index in [0.29, 0.717) is 13.0 Å². The molecular formula is C26H36N4O4. The number of nitrogens with one attached hydrogen (secondary N) is 2. The molecule has 184 valence electrons. The second kappa shape index (κ2) is 13.3. The summed E-state index contributed by atoms with van der Waals surface area (Å²) in [6, 6.07) is 16.6. The van der Waals surface area contributed by atoms with Crippen LogP contribution in [-0.2, 0) is 25.5 Å². The van der Waals surface area contributed by atoms with Crippen molar-refractivity contribution in [2.24, 2.45) is 11.7 Å². The van der Waals surface area contributed by atoms with Crippen molar-refractivity contribution in [3.05, 3.63) is 66.2 Å². The zero-order chi connectivity index (χ0) is 25.1. The fourth-order valence-electron chi connectivity index (χ4n) is 3.43. The summed E-state index contributed by atoms with van der Waals surface area (Å²) in [4.78, 5) is 40.3. The summed E-state index contributed by atoms with van der Waals surface area (Å²) < 4.78 is 4.90. The molecule has 0 aromatic heterocycles. The Morgan fingerprint density at radius 2 is 1.47 bits per heavy atom. The highest BCUT2D eigenvalue weighted by Crippen LogP contribution is 2.12. The van der Waals surface area contributed by atoms with Gasteiger partial charge < -0.3 is 26.0 Å². The number of rotatable bonds is 12. The van der Waals surface area contributed by atoms with E-state index < -0.39 is 35.9 Å². The Labute approximate surface area is 201 Å². The van der Waals surface area contributed by atoms with Crippen LogP contribution in [0.4, 0.5) is 5.69 Å². The largest absolute Gasteiger partial charge is 0.467 e. The van der Waals surface area contributed by atoms with E-state index in [1.807, 2.05) is 86.5 Å². The van der Waals surface area contributed by atoms with E-state index in [0.717, 1.165) is 11.3 Å². The Hall–Kier alpha value is -3.39. The van der Waals surface area contributed by atoms with Gasteiger partial charge in [0.1, 0.15) is 12.1 Å². The van der Waals surface area contributed by atoms with Gasteiger partial charge in [0.05, 0.1) is 13.2 Å². The number of hydrogen-bond donors (Lipinski definition) is 3. The minimum Gasteiger partial charge on any atom is -0.467 e. The van der Waals surface area contributed by atoms with Crippen molar-refractivity contribution >= 4 is 23.5 Å². The second-order valence-corrected chi connectivity index (χ2v) is 8.65. The number of methoxy groups -OCH3 is 1. The first-order chi connectivity index (χ1) is 16.2. The lowest BCUT2D eigenvalue weighted by atomic mass is 10.0. The number of esters is 1. The fourth-order valence-corrected chi connectivity index (χ4v) is 3.43. The quantitative estimate of drug-likeness (QED) is 0.410. The number of nitrogens with two attached hydrogens (primary N) is 1. The van der Waals surface area contributed by atoms with Crippen molar-refractivity contribution in [1.29, 1.82) is 0 Å². The lowest BCUT2D eigenvalue weighted by Gasteiger charge is -2.26. The first-order valence-corrected chi connectivity index (χ1v) is 11.5. The molecular weight excluding hydrogens is 432 g/mol. The van der Waals surface area contributed by atoms with Crippen molar-refractivity contribution in [2.45, 2.75) is 44.8 Å². The van der Waals surface area contributed by atoms with Crippen molar-refractivity contribution in [1.82, 2.24) is 10.6 Å². The average molecular weight is 469 g/mol. The monoisotopic (exact) mass is 468 g/mol. The third kappa shape index (κ3) is 8.19. The number of para-hydroxylation sites is 1. The molecule has 0 bridgehead atoms. The highest BCUT2D eigenvalue weighted by Gasteiger charge is 2.29. The van der Waals surface area contributed by atoms with E-state index >= 15 is 0 Å². The first kappa shape index (κ1) is 26.9. The van der Waals surface area contributed by atoms with Crippen LogP contribution < -0.4 is 21.3 Å². The molecule has 1 unspecified atom stereocenters. The van der Waals surface area contributed by atoms with Crippen LogP contribution >= 0.6 is 0 Å². The standard InChI is InChI=1S/C26H36N4O4/c1-18(2)23(27)25(32)28-21(15-16-30(3)20-13-9-6-10-14-20)24(31)29-22(26(33)34-4)17-19-11-7-5-8-12-19/h5-14,18,21-23H,15-17,27H2,1-4H3,(H,28,32)(H,29,31)/t21?,22-,23-/m0/s1. The second-order valence-electron chi connectivity index (χ2n) is 8.65. The van der Waals surface area contributed by atoms with E-state index in [1.54, 1.807) is 0 Å². The smallest absolute Gasteiger partial charge is 0.328 e. The highest BCUT2D eigenvalue weighted by molar-refractivity contribution is 5.92. The first-order valence-electron chi connectivity index (χ1n) is 11.5. The molecule has 0 saturated carbocycles. The predicted molar refractivity (Wildman–Crippen MR) is 133 cm³/mol. The fraction of sp³-hybridized carbons (Fsp3) is 0.423. The molecule has 0 spiro atoms. The van der Waals surface area contributed by atoms with Crippen molar-refractivity contribution in [3.63, 3.8) is 0 Å². The van der Waals surface area contributed by atoms with Crippen LogP contribution in [0.2, 0.25) is 0 Å². The van der Waals surface area contributed by atoms with Gasteiger partial charge in [-0.3, -0.25) is 9.59 Å². The van der Waals surface area contributed by atoms with Gasteiger partial charge in [0.2, 0.25) is 11.8 Å². The van der Waals surface area contributed by atoms with Crippen LogP contribution in [0.15, 0.2) is 60.7 Å². The lowest BCUT2D eigenvalue weighted by molar-refractivity contribution is -0.145. The summed E-state index contributed by atoms with van der Waals surface area (Å²) in [5.74, 6) is -1.51. The van der Waals surface area contributed by atoms with E-state index in [4.69, 9.17) is 10.5 Å². The third-order valence-corrected chi connectivity index (χ3v) is 5.69. The Balaban J connectivity index is 2.16. The SMILES string of the molecule is COC(=O)[C@H](Cc1ccccc1)NC(=O)C(CCN(C)c1ccccc1)NC(=O)[C@@H](N)C(C)C. The predicted octanol–water partition coefficient (Wildman–Crippen LogP) is 1.88. The molecule has 0 aliphatic carbocycles. The van der Waals surface area contributed by atoms with Crippen molar-refractivity contribution in [3.8, 4) is 0 Å². The average Bonchev–Trinajstić information content (AvgIpc) is 2.85. The number of anilines is 1. The maximum atomic E-state index is 13.2. The zero-order valence-electron chi connectivity index (χ0n) is 20.4. The normalized spacial score (nSPS) is 13.5. The number of carbonyl (C=O) groups excluding carboxylic acids is 3. The minimum absolute atomic E-state index is 0.0865. The molecule has 0 saturated heterocycles. The van der Waals surface area contributed by atoms with Gasteiger partial charge >= 0.3 is 5.97 Å². The van der Waals surface area contributed by atoms with Crippen LogP contribution in [0.3, 0.4) is 0 Å². The van der Waals surface area contributed by atoms with E-state index in [2.05, 4.69) is 10.6 Å². The van der Waals surface area contributed by atoms with E-state index in [9.17, 15) is 14.4 Å². The van der Waals surface area contributed by atoms with Gasteiger partial charge in [-0.25, -0.2) is 4.79 Å². The Kier molecular flexibility index (Phi) is 10.5. The molecule has 34 heavy (non-hydrogen) atoms. The summed E-state index contributed by atoms with van der Waals surface area (Å²) in [6.07, 6.45) is 0.600. The number of amides is 2. The Morgan fingerprint density at radius 3 is 2.03 bits per heavy atom. The number of carbonyl (C=O) groups is 3. The molecule has 0 radical (unpaired) electrons. The number of ether oxygens (including phenoxy) is 1. The van der Waals surface area contributed by atoms with Gasteiger partial charge in [0.15, 0.2) is 0 Å². The van der Waals surface area contributed by atoms with Crippen LogP contribution in [0.1, 0.15) is 25.8 Å². The molecule has 0 aliphatic heterocycles. The molecule has 0 aliphatic rings. The summed E-state index contributed by atoms with van der Waals surface area (Å²) in [5, 5.41) is 5.54. The molecule has 2 rings (SSSR count). The molecule has 3 atom stereocenters. The molecule has 4 N–H and O–H groups in total. The summed E-state index contributed by atoms with van der Waals surface area (Å²) in [5.41, 5.74) is 7.87. The van der Waals surface area contributed by atoms with Crippen molar-refractivity contribution in [2.75, 3.05) is 25.6 Å². The zero-order valence-corrected chi connectivity index (χ0v) is 20.4. The molecule has 2 aromatic rings. The lowest BCUT2D eigenvalue weighted by Crippen LogP contribution is -2.56. The Morgan fingerprint density at radius 1 is 0.912 bits per heavy atom. The van der Waals surface area contributed by atoms with Crippen LogP contribution in [0, 0.1) is 5.92 Å². The summed E-state index contributed by atoms with van der Waals surface area (Å²) in [7, 11) is 3.20. The summed E-state index contributed by atoms with van der Waals surface area (Å²) >= 11 is 0. The maximum absolute atomic E-state index is 13.2. The summed E-state index contributed by atoms with van der Waals surface area (Å²) in [6.45, 7) is 4.19. The number of nitrogens with zero attached hydrogens (tertiary/aromatic N) is 1. The highest BCUT2D eigenvalue weighted by atomic mass is 16.5. The molecule has 0 heterocycles. The topological polar surface area (TPSA) is 114 Å². The minimum atomic E-state index is -0.884. The third-order valence-electron chi connectivity index (χ3n) is 5.69. The van der Waals surface area contributed by atoms with Gasteiger partial charge in [0.25, 0.3) is 0 Å². The number of benzene rings is 2. The van der Waals surface area contributed by atoms with Gasteiger partial charge in [-0.15, -0.1) is 0 Å². The Bertz CT molecular complexity index is 921. The van der Waals surface area contributed by atoms with Crippen LogP contribution in [-0.4, -0.2) is 56.6 Å². The van der Waals surface area contributed by atoms with Gasteiger partial charge in [-0.1, -0.05) is 62.4 Å². The molecule has 2 aromatic carbocycles. The van der Waals surface area contributed by atoms with Gasteiger partial charge in [0, 0.05) is 25.7 Å². The molecule has 2 amide bonds. The molecule has 0 fully saturated rings. The molecule has 8 nitrogen and oxygen atoms in total. The molecule has 8 heteroatoms. The van der Waals surface area contributed by atoms with E-state index in [-0.39, 0.29) is 12.3 Å². The maximum Gasteiger partial charge on any atom is 0.328 e. The van der Waals surface area contributed by atoms with E-state index in [1.165, 1.54) is 7.11 Å². The van der Waals surface area contributed by atoms with Crippen LogP contribution in [0.25, 0.3) is 0 Å². The van der Waals surface area contributed by atoms with Crippen LogP contribution in [0.5, 0.6) is 0 Å². The van der Waals surface area contributed by atoms with Gasteiger partial charge in [-0.05, 0) is 30.0 Å². The van der Waals surface area contributed by atoms with Crippen molar-refractivity contribution < 1.29 is 19.1 Å². The van der Waals surface area contributed by atoms with Gasteiger partial charge in [-0.2, -0.15) is 0 Å².